The molecule has 5 nitrogen and oxygen atoms in total. The van der Waals surface area contributed by atoms with Gasteiger partial charge in [0, 0.05) is 12.6 Å². The number of unbranched alkanes of at least 4 members (excludes halogenated alkanes) is 2. The standard InChI is InChI=1S/C20H29N3O2S/c1-4-5-8-11-23-12-21-19-16(20(23)25)14(3)17(26-19)18(24)22-15-10-7-6-9-13(15)2/h12-13,15H,4-11H2,1-3H3,(H,22,24). The lowest BCUT2D eigenvalue weighted by atomic mass is 9.86. The lowest BCUT2D eigenvalue weighted by molar-refractivity contribution is 0.0914. The summed E-state index contributed by atoms with van der Waals surface area (Å²) in [6.07, 6.45) is 9.44. The number of hydrogen-bond acceptors (Lipinski definition) is 4. The molecule has 1 aliphatic rings. The van der Waals surface area contributed by atoms with Gasteiger partial charge in [0.1, 0.15) is 4.83 Å². The molecule has 0 aromatic carbocycles. The molecular weight excluding hydrogens is 346 g/mol. The number of carbonyl (C=O) groups excluding carboxylic acids is 1. The molecule has 1 fully saturated rings. The molecular formula is C20H29N3O2S. The number of aromatic nitrogens is 2. The van der Waals surface area contributed by atoms with Crippen LogP contribution in [0.25, 0.3) is 10.2 Å². The van der Waals surface area contributed by atoms with Gasteiger partial charge in [-0.2, -0.15) is 0 Å². The molecule has 6 heteroatoms. The van der Waals surface area contributed by atoms with E-state index in [0.717, 1.165) is 31.2 Å². The Hall–Kier alpha value is -1.69. The maximum atomic E-state index is 12.8. The minimum absolute atomic E-state index is 0.0232. The summed E-state index contributed by atoms with van der Waals surface area (Å²) in [6, 6.07) is 0.236. The van der Waals surface area contributed by atoms with Gasteiger partial charge in [0.2, 0.25) is 0 Å². The monoisotopic (exact) mass is 375 g/mol. The van der Waals surface area contributed by atoms with Gasteiger partial charge in [-0.25, -0.2) is 4.98 Å². The number of fused-ring (bicyclic) bond motifs is 1. The third kappa shape index (κ3) is 3.85. The summed E-state index contributed by atoms with van der Waals surface area (Å²) in [7, 11) is 0. The highest BCUT2D eigenvalue weighted by atomic mass is 32.1. The fourth-order valence-electron chi connectivity index (χ4n) is 3.83. The van der Waals surface area contributed by atoms with Crippen molar-refractivity contribution in [1.82, 2.24) is 14.9 Å². The smallest absolute Gasteiger partial charge is 0.262 e. The summed E-state index contributed by atoms with van der Waals surface area (Å²) >= 11 is 1.34. The van der Waals surface area contributed by atoms with Crippen molar-refractivity contribution in [3.05, 3.63) is 27.1 Å². The van der Waals surface area contributed by atoms with Crippen LogP contribution < -0.4 is 10.9 Å². The highest BCUT2D eigenvalue weighted by molar-refractivity contribution is 7.20. The summed E-state index contributed by atoms with van der Waals surface area (Å²) in [6.45, 7) is 6.91. The molecule has 26 heavy (non-hydrogen) atoms. The summed E-state index contributed by atoms with van der Waals surface area (Å²) in [4.78, 5) is 31.4. The van der Waals surface area contributed by atoms with Gasteiger partial charge in [0.05, 0.1) is 16.6 Å². The minimum Gasteiger partial charge on any atom is -0.348 e. The third-order valence-electron chi connectivity index (χ3n) is 5.55. The maximum absolute atomic E-state index is 12.8. The fourth-order valence-corrected chi connectivity index (χ4v) is 4.87. The third-order valence-corrected chi connectivity index (χ3v) is 6.75. The highest BCUT2D eigenvalue weighted by Gasteiger charge is 2.26. The molecule has 0 saturated heterocycles. The molecule has 0 bridgehead atoms. The van der Waals surface area contributed by atoms with Crippen LogP contribution in [0.4, 0.5) is 0 Å². The Bertz CT molecular complexity index is 839. The quantitative estimate of drug-likeness (QED) is 0.767. The number of thiophene rings is 1. The zero-order valence-corrected chi connectivity index (χ0v) is 16.8. The van der Waals surface area contributed by atoms with Crippen LogP contribution in [0.15, 0.2) is 11.1 Å². The topological polar surface area (TPSA) is 64.0 Å². The Morgan fingerprint density at radius 2 is 2.12 bits per heavy atom. The molecule has 2 unspecified atom stereocenters. The van der Waals surface area contributed by atoms with Crippen molar-refractivity contribution in [3.63, 3.8) is 0 Å². The van der Waals surface area contributed by atoms with E-state index in [4.69, 9.17) is 0 Å². The summed E-state index contributed by atoms with van der Waals surface area (Å²) in [5.41, 5.74) is 0.748. The van der Waals surface area contributed by atoms with E-state index in [0.29, 0.717) is 27.6 Å². The van der Waals surface area contributed by atoms with E-state index in [9.17, 15) is 9.59 Å². The second-order valence-electron chi connectivity index (χ2n) is 7.53. The van der Waals surface area contributed by atoms with E-state index >= 15 is 0 Å². The molecule has 0 aliphatic heterocycles. The number of aryl methyl sites for hydroxylation is 2. The predicted molar refractivity (Wildman–Crippen MR) is 107 cm³/mol. The first kappa shape index (κ1) is 19.1. The fraction of sp³-hybridized carbons (Fsp3) is 0.650. The van der Waals surface area contributed by atoms with Crippen molar-refractivity contribution in [3.8, 4) is 0 Å². The van der Waals surface area contributed by atoms with E-state index in [1.54, 1.807) is 10.9 Å². The van der Waals surface area contributed by atoms with E-state index in [1.807, 2.05) is 6.92 Å². The average molecular weight is 376 g/mol. The lowest BCUT2D eigenvalue weighted by Gasteiger charge is -2.29. The van der Waals surface area contributed by atoms with Crippen molar-refractivity contribution in [2.75, 3.05) is 0 Å². The zero-order chi connectivity index (χ0) is 18.7. The molecule has 142 valence electrons. The Balaban J connectivity index is 1.85. The van der Waals surface area contributed by atoms with Gasteiger partial charge in [0.15, 0.2) is 0 Å². The first-order chi connectivity index (χ1) is 12.5. The number of rotatable bonds is 6. The molecule has 1 amide bonds. The predicted octanol–water partition coefficient (Wildman–Crippen LogP) is 4.27. The molecule has 0 spiro atoms. The van der Waals surface area contributed by atoms with Crippen molar-refractivity contribution in [1.29, 1.82) is 0 Å². The van der Waals surface area contributed by atoms with Crippen molar-refractivity contribution in [2.45, 2.75) is 78.3 Å². The molecule has 1 aliphatic carbocycles. The molecule has 1 saturated carbocycles. The van der Waals surface area contributed by atoms with Crippen LogP contribution in [-0.4, -0.2) is 21.5 Å². The molecule has 1 N–H and O–H groups in total. The van der Waals surface area contributed by atoms with Crippen LogP contribution in [0.2, 0.25) is 0 Å². The Morgan fingerprint density at radius 3 is 2.85 bits per heavy atom. The van der Waals surface area contributed by atoms with E-state index < -0.39 is 0 Å². The largest absolute Gasteiger partial charge is 0.348 e. The van der Waals surface area contributed by atoms with Gasteiger partial charge < -0.3 is 5.32 Å². The van der Waals surface area contributed by atoms with Gasteiger partial charge in [-0.15, -0.1) is 11.3 Å². The molecule has 2 aromatic rings. The van der Waals surface area contributed by atoms with E-state index in [-0.39, 0.29) is 17.5 Å². The summed E-state index contributed by atoms with van der Waals surface area (Å²) < 4.78 is 1.68. The van der Waals surface area contributed by atoms with Crippen LogP contribution >= 0.6 is 11.3 Å². The lowest BCUT2D eigenvalue weighted by Crippen LogP contribution is -2.41. The van der Waals surface area contributed by atoms with Crippen LogP contribution in [0.1, 0.15) is 74.0 Å². The van der Waals surface area contributed by atoms with Crippen LogP contribution in [0, 0.1) is 12.8 Å². The van der Waals surface area contributed by atoms with Gasteiger partial charge in [0.25, 0.3) is 11.5 Å². The number of nitrogens with one attached hydrogen (secondary N) is 1. The summed E-state index contributed by atoms with van der Waals surface area (Å²) in [5.74, 6) is 0.456. The first-order valence-electron chi connectivity index (χ1n) is 9.82. The van der Waals surface area contributed by atoms with Crippen molar-refractivity contribution >= 4 is 27.5 Å². The number of amides is 1. The number of hydrogen-bond donors (Lipinski definition) is 1. The molecule has 0 radical (unpaired) electrons. The second kappa shape index (κ2) is 8.33. The van der Waals surface area contributed by atoms with Crippen LogP contribution in [-0.2, 0) is 6.54 Å². The number of carbonyl (C=O) groups is 1. The van der Waals surface area contributed by atoms with Gasteiger partial charge >= 0.3 is 0 Å². The van der Waals surface area contributed by atoms with Gasteiger partial charge in [-0.1, -0.05) is 39.5 Å². The molecule has 2 heterocycles. The minimum atomic E-state index is -0.0545. The first-order valence-corrected chi connectivity index (χ1v) is 10.6. The van der Waals surface area contributed by atoms with Gasteiger partial charge in [-0.05, 0) is 37.7 Å². The summed E-state index contributed by atoms with van der Waals surface area (Å²) in [5, 5.41) is 3.80. The molecule has 2 aromatic heterocycles. The van der Waals surface area contributed by atoms with Crippen molar-refractivity contribution in [2.24, 2.45) is 5.92 Å². The number of nitrogens with zero attached hydrogens (tertiary/aromatic N) is 2. The Kier molecular flexibility index (Phi) is 6.12. The van der Waals surface area contributed by atoms with E-state index in [2.05, 4.69) is 24.1 Å². The highest BCUT2D eigenvalue weighted by Crippen LogP contribution is 2.28. The normalized spacial score (nSPS) is 20.4. The average Bonchev–Trinajstić information content (AvgIpc) is 2.96. The van der Waals surface area contributed by atoms with Crippen LogP contribution in [0.3, 0.4) is 0 Å². The SMILES string of the molecule is CCCCCn1cnc2sc(C(=O)NC3CCCCC3C)c(C)c2c1=O. The maximum Gasteiger partial charge on any atom is 0.262 e. The Morgan fingerprint density at radius 1 is 1.35 bits per heavy atom. The van der Waals surface area contributed by atoms with E-state index in [1.165, 1.54) is 30.6 Å². The zero-order valence-electron chi connectivity index (χ0n) is 16.0. The Labute approximate surface area is 158 Å². The molecule has 3 rings (SSSR count). The van der Waals surface area contributed by atoms with Crippen molar-refractivity contribution < 1.29 is 4.79 Å². The van der Waals surface area contributed by atoms with Gasteiger partial charge in [-0.3, -0.25) is 14.2 Å². The second-order valence-corrected chi connectivity index (χ2v) is 8.53. The molecule has 2 atom stereocenters. The van der Waals surface area contributed by atoms with Crippen LogP contribution in [0.5, 0.6) is 0 Å².